The van der Waals surface area contributed by atoms with Gasteiger partial charge in [-0.2, -0.15) is 0 Å². The van der Waals surface area contributed by atoms with Crippen molar-refractivity contribution in [2.45, 2.75) is 33.6 Å². The summed E-state index contributed by atoms with van der Waals surface area (Å²) < 4.78 is 11.9. The van der Waals surface area contributed by atoms with Crippen molar-refractivity contribution in [3.05, 3.63) is 56.5 Å². The number of esters is 1. The first-order valence-corrected chi connectivity index (χ1v) is 8.91. The van der Waals surface area contributed by atoms with E-state index in [1.807, 2.05) is 45.0 Å². The summed E-state index contributed by atoms with van der Waals surface area (Å²) in [6.07, 6.45) is 0.884. The van der Waals surface area contributed by atoms with Crippen LogP contribution in [0.15, 0.2) is 34.8 Å². The Morgan fingerprint density at radius 3 is 2.67 bits per heavy atom. The molecule has 2 rings (SSSR count). The molecule has 5 heteroatoms. The number of hydrogen-bond donors (Lipinski definition) is 0. The van der Waals surface area contributed by atoms with E-state index in [9.17, 15) is 4.79 Å². The van der Waals surface area contributed by atoms with Crippen molar-refractivity contribution in [3.63, 3.8) is 0 Å². The van der Waals surface area contributed by atoms with Crippen LogP contribution in [0, 0.1) is 20.8 Å². The predicted molar refractivity (Wildman–Crippen MR) is 100 cm³/mol. The summed E-state index contributed by atoms with van der Waals surface area (Å²) >= 11 is 9.70. The van der Waals surface area contributed by atoms with E-state index in [4.69, 9.17) is 21.1 Å². The second-order valence-electron chi connectivity index (χ2n) is 5.69. The summed E-state index contributed by atoms with van der Waals surface area (Å²) in [5.74, 6) is 1.06. The van der Waals surface area contributed by atoms with Gasteiger partial charge in [-0.1, -0.05) is 23.7 Å². The maximum Gasteiger partial charge on any atom is 0.311 e. The molecule has 0 unspecified atom stereocenters. The lowest BCUT2D eigenvalue weighted by Gasteiger charge is -2.13. The second kappa shape index (κ2) is 8.54. The predicted octanol–water partition coefficient (Wildman–Crippen LogP) is 5.79. The number of aryl methyl sites for hydroxylation is 2. The van der Waals surface area contributed by atoms with Crippen LogP contribution in [0.3, 0.4) is 0 Å². The molecule has 0 spiro atoms. The SMILES string of the molecule is Cc1cccc(OC(=O)CCCOc2cc(C)c(Cl)c(C)c2Br)c1. The molecular weight excluding hydrogens is 392 g/mol. The molecule has 24 heavy (non-hydrogen) atoms. The van der Waals surface area contributed by atoms with Crippen molar-refractivity contribution >= 4 is 33.5 Å². The van der Waals surface area contributed by atoms with E-state index in [0.29, 0.717) is 25.2 Å². The Kier molecular flexibility index (Phi) is 6.69. The second-order valence-corrected chi connectivity index (χ2v) is 6.86. The van der Waals surface area contributed by atoms with E-state index in [2.05, 4.69) is 15.9 Å². The Hall–Kier alpha value is -1.52. The van der Waals surface area contributed by atoms with Crippen LogP contribution in [0.2, 0.25) is 5.02 Å². The van der Waals surface area contributed by atoms with Gasteiger partial charge in [-0.05, 0) is 78.0 Å². The van der Waals surface area contributed by atoms with Crippen LogP contribution in [0.1, 0.15) is 29.5 Å². The number of ether oxygens (including phenoxy) is 2. The zero-order chi connectivity index (χ0) is 17.7. The van der Waals surface area contributed by atoms with Crippen molar-refractivity contribution in [2.75, 3.05) is 6.61 Å². The van der Waals surface area contributed by atoms with Gasteiger partial charge in [0, 0.05) is 11.4 Å². The maximum atomic E-state index is 11.9. The molecule has 0 amide bonds. The van der Waals surface area contributed by atoms with Crippen LogP contribution in [0.5, 0.6) is 11.5 Å². The van der Waals surface area contributed by atoms with Crippen LogP contribution in [0.4, 0.5) is 0 Å². The highest BCUT2D eigenvalue weighted by atomic mass is 79.9. The zero-order valence-corrected chi connectivity index (χ0v) is 16.3. The molecule has 0 N–H and O–H groups in total. The highest BCUT2D eigenvalue weighted by molar-refractivity contribution is 9.10. The Bertz CT molecular complexity index is 744. The van der Waals surface area contributed by atoms with Gasteiger partial charge < -0.3 is 9.47 Å². The molecule has 0 heterocycles. The molecule has 0 saturated carbocycles. The van der Waals surface area contributed by atoms with Crippen molar-refractivity contribution in [1.82, 2.24) is 0 Å². The molecule has 0 aliphatic carbocycles. The first kappa shape index (κ1) is 18.8. The average molecular weight is 412 g/mol. The fraction of sp³-hybridized carbons (Fsp3) is 0.316. The minimum absolute atomic E-state index is 0.258. The molecular formula is C19H20BrClO3. The van der Waals surface area contributed by atoms with Crippen molar-refractivity contribution in [3.8, 4) is 11.5 Å². The molecule has 0 aromatic heterocycles. The minimum atomic E-state index is -0.258. The first-order chi connectivity index (χ1) is 11.4. The molecule has 2 aromatic carbocycles. The Morgan fingerprint density at radius 2 is 1.96 bits per heavy atom. The lowest BCUT2D eigenvalue weighted by molar-refractivity contribution is -0.134. The summed E-state index contributed by atoms with van der Waals surface area (Å²) in [6.45, 7) is 6.26. The van der Waals surface area contributed by atoms with Crippen LogP contribution < -0.4 is 9.47 Å². The Balaban J connectivity index is 1.82. The lowest BCUT2D eigenvalue weighted by Crippen LogP contribution is -2.10. The van der Waals surface area contributed by atoms with Crippen molar-refractivity contribution < 1.29 is 14.3 Å². The fourth-order valence-electron chi connectivity index (χ4n) is 2.27. The number of halogens is 2. The standard InChI is InChI=1S/C19H20BrClO3/c1-12-6-4-7-15(10-12)24-17(22)8-5-9-23-16-11-13(2)19(21)14(3)18(16)20/h4,6-7,10-11H,5,8-9H2,1-3H3. The fourth-order valence-corrected chi connectivity index (χ4v) is 2.96. The van der Waals surface area contributed by atoms with Gasteiger partial charge in [-0.3, -0.25) is 4.79 Å². The van der Waals surface area contributed by atoms with Gasteiger partial charge in [-0.15, -0.1) is 0 Å². The molecule has 0 radical (unpaired) electrons. The zero-order valence-electron chi connectivity index (χ0n) is 14.0. The first-order valence-electron chi connectivity index (χ1n) is 7.74. The van der Waals surface area contributed by atoms with Gasteiger partial charge >= 0.3 is 5.97 Å². The van der Waals surface area contributed by atoms with Gasteiger partial charge in [0.25, 0.3) is 0 Å². The van der Waals surface area contributed by atoms with Gasteiger partial charge in [-0.25, -0.2) is 0 Å². The largest absolute Gasteiger partial charge is 0.492 e. The van der Waals surface area contributed by atoms with Crippen LogP contribution in [0.25, 0.3) is 0 Å². The molecule has 128 valence electrons. The molecule has 0 fully saturated rings. The highest BCUT2D eigenvalue weighted by Crippen LogP contribution is 2.35. The van der Waals surface area contributed by atoms with E-state index < -0.39 is 0 Å². The van der Waals surface area contributed by atoms with Crippen LogP contribution in [-0.4, -0.2) is 12.6 Å². The molecule has 2 aromatic rings. The van der Waals surface area contributed by atoms with Gasteiger partial charge in [0.2, 0.25) is 0 Å². The quantitative estimate of drug-likeness (QED) is 0.343. The Labute approximate surface area is 156 Å². The summed E-state index contributed by atoms with van der Waals surface area (Å²) in [6, 6.07) is 9.33. The molecule has 0 saturated heterocycles. The number of benzene rings is 2. The highest BCUT2D eigenvalue weighted by Gasteiger charge is 2.11. The number of carbonyl (C=O) groups excluding carboxylic acids is 1. The third kappa shape index (κ3) is 4.99. The Morgan fingerprint density at radius 1 is 1.21 bits per heavy atom. The van der Waals surface area contributed by atoms with Gasteiger partial charge in [0.15, 0.2) is 0 Å². The third-order valence-corrected chi connectivity index (χ3v) is 5.14. The number of hydrogen-bond acceptors (Lipinski definition) is 3. The third-order valence-electron chi connectivity index (χ3n) is 3.57. The monoisotopic (exact) mass is 410 g/mol. The topological polar surface area (TPSA) is 35.5 Å². The van der Waals surface area contributed by atoms with Crippen LogP contribution in [-0.2, 0) is 4.79 Å². The van der Waals surface area contributed by atoms with E-state index >= 15 is 0 Å². The van der Waals surface area contributed by atoms with Gasteiger partial charge in [0.05, 0.1) is 11.1 Å². The average Bonchev–Trinajstić information content (AvgIpc) is 2.54. The molecule has 0 aliphatic rings. The number of rotatable bonds is 6. The summed E-state index contributed by atoms with van der Waals surface area (Å²) in [7, 11) is 0. The van der Waals surface area contributed by atoms with Gasteiger partial charge in [0.1, 0.15) is 11.5 Å². The number of carbonyl (C=O) groups is 1. The van der Waals surface area contributed by atoms with Crippen molar-refractivity contribution in [1.29, 1.82) is 0 Å². The lowest BCUT2D eigenvalue weighted by atomic mass is 10.1. The van der Waals surface area contributed by atoms with Crippen LogP contribution >= 0.6 is 27.5 Å². The van der Waals surface area contributed by atoms with Crippen molar-refractivity contribution in [2.24, 2.45) is 0 Å². The van der Waals surface area contributed by atoms with E-state index in [0.717, 1.165) is 31.9 Å². The normalized spacial score (nSPS) is 10.5. The molecule has 0 aliphatic heterocycles. The smallest absolute Gasteiger partial charge is 0.311 e. The minimum Gasteiger partial charge on any atom is -0.492 e. The molecule has 0 bridgehead atoms. The van der Waals surface area contributed by atoms with E-state index in [1.54, 1.807) is 6.07 Å². The summed E-state index contributed by atoms with van der Waals surface area (Å²) in [5.41, 5.74) is 2.97. The maximum absolute atomic E-state index is 11.9. The van der Waals surface area contributed by atoms with E-state index in [-0.39, 0.29) is 5.97 Å². The summed E-state index contributed by atoms with van der Waals surface area (Å²) in [5, 5.41) is 0.732. The molecule has 3 nitrogen and oxygen atoms in total. The summed E-state index contributed by atoms with van der Waals surface area (Å²) in [4.78, 5) is 11.9. The molecule has 0 atom stereocenters. The van der Waals surface area contributed by atoms with E-state index in [1.165, 1.54) is 0 Å².